The Morgan fingerprint density at radius 2 is 1.61 bits per heavy atom. The Hall–Kier alpha value is -0.503. The predicted octanol–water partition coefficient (Wildman–Crippen LogP) is 5.80. The fraction of sp³-hybridized carbons (Fsp3) is 0.750. The van der Waals surface area contributed by atoms with Gasteiger partial charge in [-0.1, -0.05) is 54.5 Å². The molecule has 1 aliphatic rings. The molecule has 0 aliphatic carbocycles. The van der Waals surface area contributed by atoms with Crippen molar-refractivity contribution in [3.63, 3.8) is 0 Å². The quantitative estimate of drug-likeness (QED) is 0.545. The molecule has 0 aromatic heterocycles. The van der Waals surface area contributed by atoms with E-state index in [0.717, 1.165) is 5.76 Å². The van der Waals surface area contributed by atoms with Gasteiger partial charge in [-0.25, -0.2) is 0 Å². The summed E-state index contributed by atoms with van der Waals surface area (Å²) >= 11 is 0. The first kappa shape index (κ1) is 15.6. The highest BCUT2D eigenvalue weighted by Gasteiger charge is 2.62. The van der Waals surface area contributed by atoms with Gasteiger partial charge in [0, 0.05) is 5.54 Å². The van der Waals surface area contributed by atoms with Crippen LogP contribution in [0.2, 0.25) is 15.6 Å². The molecule has 1 atom stereocenters. The van der Waals surface area contributed by atoms with Crippen molar-refractivity contribution in [2.45, 2.75) is 77.9 Å². The molecule has 1 unspecified atom stereocenters. The Bertz CT molecular complexity index is 363. The fourth-order valence-electron chi connectivity index (χ4n) is 3.80. The highest BCUT2D eigenvalue weighted by molar-refractivity contribution is 6.82. The highest BCUT2D eigenvalue weighted by Crippen LogP contribution is 2.61. The Morgan fingerprint density at radius 1 is 1.17 bits per heavy atom. The van der Waals surface area contributed by atoms with E-state index in [9.17, 15) is 0 Å². The second-order valence-electron chi connectivity index (χ2n) is 7.63. The van der Waals surface area contributed by atoms with E-state index >= 15 is 0 Å². The van der Waals surface area contributed by atoms with Crippen molar-refractivity contribution < 1.29 is 4.43 Å². The van der Waals surface area contributed by atoms with E-state index < -0.39 is 8.32 Å². The van der Waals surface area contributed by atoms with Gasteiger partial charge in [-0.3, -0.25) is 0 Å². The SMILES string of the molecule is C/C=C(\C)C1=CC(C)[Si](C(C)(C)C)(C(C)(C)C)O1. The lowest BCUT2D eigenvalue weighted by molar-refractivity contribution is 0.356. The number of hydrogen-bond donors (Lipinski definition) is 0. The molecular weight excluding hydrogens is 236 g/mol. The third-order valence-corrected chi connectivity index (χ3v) is 10.8. The van der Waals surface area contributed by atoms with Gasteiger partial charge < -0.3 is 4.43 Å². The van der Waals surface area contributed by atoms with E-state index in [1.54, 1.807) is 0 Å². The van der Waals surface area contributed by atoms with E-state index in [1.807, 2.05) is 0 Å². The van der Waals surface area contributed by atoms with Gasteiger partial charge in [-0.15, -0.1) is 0 Å². The van der Waals surface area contributed by atoms with Crippen molar-refractivity contribution in [1.29, 1.82) is 0 Å². The van der Waals surface area contributed by atoms with Gasteiger partial charge in [0.25, 0.3) is 8.32 Å². The highest BCUT2D eigenvalue weighted by atomic mass is 28.4. The maximum Gasteiger partial charge on any atom is 0.268 e. The van der Waals surface area contributed by atoms with Crippen LogP contribution in [0.15, 0.2) is 23.5 Å². The van der Waals surface area contributed by atoms with E-state index in [2.05, 4.69) is 74.5 Å². The summed E-state index contributed by atoms with van der Waals surface area (Å²) in [6.07, 6.45) is 4.51. The van der Waals surface area contributed by atoms with Gasteiger partial charge in [0.05, 0.1) is 0 Å². The summed E-state index contributed by atoms with van der Waals surface area (Å²) in [6, 6.07) is 0. The molecule has 1 nitrogen and oxygen atoms in total. The molecule has 1 rings (SSSR count). The molecule has 18 heavy (non-hydrogen) atoms. The summed E-state index contributed by atoms with van der Waals surface area (Å²) in [5.41, 5.74) is 1.83. The topological polar surface area (TPSA) is 9.23 Å². The summed E-state index contributed by atoms with van der Waals surface area (Å²) in [6.45, 7) is 20.7. The Labute approximate surface area is 114 Å². The molecule has 0 fully saturated rings. The normalized spacial score (nSPS) is 24.8. The van der Waals surface area contributed by atoms with Crippen molar-refractivity contribution in [1.82, 2.24) is 0 Å². The lowest BCUT2D eigenvalue weighted by Crippen LogP contribution is -2.54. The maximum atomic E-state index is 6.67. The maximum absolute atomic E-state index is 6.67. The monoisotopic (exact) mass is 266 g/mol. The minimum atomic E-state index is -1.91. The zero-order valence-corrected chi connectivity index (χ0v) is 14.6. The van der Waals surface area contributed by atoms with E-state index in [-0.39, 0.29) is 10.1 Å². The van der Waals surface area contributed by atoms with Crippen LogP contribution in [0.3, 0.4) is 0 Å². The summed E-state index contributed by atoms with van der Waals surface area (Å²) in [5.74, 6) is 1.13. The lowest BCUT2D eigenvalue weighted by Gasteiger charge is -2.50. The van der Waals surface area contributed by atoms with Gasteiger partial charge >= 0.3 is 0 Å². The number of allylic oxidation sites excluding steroid dienone is 3. The summed E-state index contributed by atoms with van der Waals surface area (Å²) in [4.78, 5) is 0. The molecule has 0 saturated heterocycles. The van der Waals surface area contributed by atoms with Crippen LogP contribution < -0.4 is 0 Å². The van der Waals surface area contributed by atoms with Crippen molar-refractivity contribution >= 4 is 8.32 Å². The Kier molecular flexibility index (Phi) is 3.93. The first-order chi connectivity index (χ1) is 7.97. The Morgan fingerprint density at radius 3 is 1.89 bits per heavy atom. The van der Waals surface area contributed by atoms with Crippen LogP contribution in [-0.4, -0.2) is 8.32 Å². The van der Waals surface area contributed by atoms with Crippen LogP contribution in [0.4, 0.5) is 0 Å². The van der Waals surface area contributed by atoms with E-state index in [4.69, 9.17) is 4.43 Å². The summed E-state index contributed by atoms with van der Waals surface area (Å²) in [5, 5.41) is 0.466. The minimum absolute atomic E-state index is 0.233. The Balaban J connectivity index is 3.30. The zero-order chi connectivity index (χ0) is 14.4. The molecule has 104 valence electrons. The third-order valence-electron chi connectivity index (χ3n) is 4.36. The first-order valence-corrected chi connectivity index (χ1v) is 9.00. The third kappa shape index (κ3) is 2.20. The van der Waals surface area contributed by atoms with Crippen LogP contribution in [0.25, 0.3) is 0 Å². The van der Waals surface area contributed by atoms with Crippen molar-refractivity contribution in [2.24, 2.45) is 0 Å². The largest absolute Gasteiger partial charge is 0.542 e. The summed E-state index contributed by atoms with van der Waals surface area (Å²) in [7, 11) is -1.91. The molecule has 0 radical (unpaired) electrons. The molecule has 0 bridgehead atoms. The van der Waals surface area contributed by atoms with Gasteiger partial charge in [-0.2, -0.15) is 0 Å². The van der Waals surface area contributed by atoms with Crippen LogP contribution >= 0.6 is 0 Å². The van der Waals surface area contributed by atoms with Gasteiger partial charge in [-0.05, 0) is 35.6 Å². The number of rotatable bonds is 1. The molecule has 0 aromatic rings. The average molecular weight is 267 g/mol. The molecule has 0 aromatic carbocycles. The molecular formula is C16H30OSi. The molecule has 2 heteroatoms. The van der Waals surface area contributed by atoms with Crippen molar-refractivity contribution in [3.8, 4) is 0 Å². The first-order valence-electron chi connectivity index (χ1n) is 7.01. The van der Waals surface area contributed by atoms with Crippen LogP contribution in [0.1, 0.15) is 62.3 Å². The molecule has 1 aliphatic heterocycles. The van der Waals surface area contributed by atoms with Gasteiger partial charge in [0.15, 0.2) is 0 Å². The minimum Gasteiger partial charge on any atom is -0.542 e. The van der Waals surface area contributed by atoms with Crippen LogP contribution in [0.5, 0.6) is 0 Å². The van der Waals surface area contributed by atoms with E-state index in [1.165, 1.54) is 5.57 Å². The average Bonchev–Trinajstić information content (AvgIpc) is 2.54. The molecule has 0 amide bonds. The lowest BCUT2D eigenvalue weighted by atomic mass is 10.2. The smallest absolute Gasteiger partial charge is 0.268 e. The zero-order valence-electron chi connectivity index (χ0n) is 13.6. The van der Waals surface area contributed by atoms with Gasteiger partial charge in [0.2, 0.25) is 0 Å². The van der Waals surface area contributed by atoms with Crippen LogP contribution in [0, 0.1) is 0 Å². The van der Waals surface area contributed by atoms with E-state index in [0.29, 0.717) is 5.54 Å². The van der Waals surface area contributed by atoms with Crippen molar-refractivity contribution in [2.75, 3.05) is 0 Å². The summed E-state index contributed by atoms with van der Waals surface area (Å²) < 4.78 is 6.67. The molecule has 0 saturated carbocycles. The molecule has 1 heterocycles. The number of hydrogen-bond acceptors (Lipinski definition) is 1. The fourth-order valence-corrected chi connectivity index (χ4v) is 10.5. The second-order valence-corrected chi connectivity index (χ2v) is 13.2. The second kappa shape index (κ2) is 4.55. The predicted molar refractivity (Wildman–Crippen MR) is 83.2 cm³/mol. The molecule has 0 N–H and O–H groups in total. The van der Waals surface area contributed by atoms with Gasteiger partial charge in [0.1, 0.15) is 5.76 Å². The van der Waals surface area contributed by atoms with Crippen LogP contribution in [-0.2, 0) is 4.43 Å². The van der Waals surface area contributed by atoms with Crippen molar-refractivity contribution in [3.05, 3.63) is 23.5 Å². The standard InChI is InChI=1S/C16H30OSi/c1-10-12(2)14-11-13(3)18(17-14,15(4,5)6)16(7,8)9/h10-11,13H,1-9H3/b12-10+. The molecule has 0 spiro atoms.